The van der Waals surface area contributed by atoms with Crippen LogP contribution in [0.1, 0.15) is 39.5 Å². The third-order valence-corrected chi connectivity index (χ3v) is 3.84. The van der Waals surface area contributed by atoms with E-state index in [-0.39, 0.29) is 17.7 Å². The van der Waals surface area contributed by atoms with Gasteiger partial charge in [-0.2, -0.15) is 0 Å². The second-order valence-electron chi connectivity index (χ2n) is 5.46. The molecule has 0 bridgehead atoms. The van der Waals surface area contributed by atoms with Crippen molar-refractivity contribution >= 4 is 17.9 Å². The molecule has 0 heterocycles. The molecule has 0 aromatic rings. The fourth-order valence-corrected chi connectivity index (χ4v) is 2.64. The highest BCUT2D eigenvalue weighted by atomic mass is 16.4. The summed E-state index contributed by atoms with van der Waals surface area (Å²) in [6.45, 7) is 4.24. The average molecular weight is 299 g/mol. The summed E-state index contributed by atoms with van der Waals surface area (Å²) in [6, 6.07) is -1.06. The van der Waals surface area contributed by atoms with Crippen LogP contribution in [0.4, 0.5) is 4.79 Å². The minimum Gasteiger partial charge on any atom is -0.481 e. The highest BCUT2D eigenvalue weighted by Crippen LogP contribution is 2.29. The molecule has 7 nitrogen and oxygen atoms in total. The molecule has 0 aliphatic heterocycles. The first-order valence-electron chi connectivity index (χ1n) is 7.50. The predicted molar refractivity (Wildman–Crippen MR) is 77.8 cm³/mol. The molecule has 0 aromatic heterocycles. The quantitative estimate of drug-likeness (QED) is 0.579. The van der Waals surface area contributed by atoms with Crippen molar-refractivity contribution in [1.82, 2.24) is 16.0 Å². The lowest BCUT2D eigenvalue weighted by Gasteiger charge is -2.28. The maximum absolute atomic E-state index is 11.7. The maximum Gasteiger partial charge on any atom is 0.315 e. The first-order valence-corrected chi connectivity index (χ1v) is 7.50. The second-order valence-corrected chi connectivity index (χ2v) is 5.46. The lowest BCUT2D eigenvalue weighted by molar-refractivity contribution is -0.144. The van der Waals surface area contributed by atoms with Gasteiger partial charge in [-0.05, 0) is 32.6 Å². The Labute approximate surface area is 124 Å². The second kappa shape index (κ2) is 8.49. The first-order chi connectivity index (χ1) is 9.95. The van der Waals surface area contributed by atoms with Crippen LogP contribution in [0.15, 0.2) is 0 Å². The van der Waals surface area contributed by atoms with Gasteiger partial charge >= 0.3 is 12.0 Å². The van der Waals surface area contributed by atoms with E-state index in [0.717, 1.165) is 19.3 Å². The lowest BCUT2D eigenvalue weighted by atomic mass is 9.79. The van der Waals surface area contributed by atoms with E-state index in [2.05, 4.69) is 16.0 Å². The summed E-state index contributed by atoms with van der Waals surface area (Å²) < 4.78 is 0. The standard InChI is InChI=1S/C14H25N3O4/c1-3-15-12(18)9(2)17-14(21)16-8-10-6-4-5-7-11(10)13(19)20/h9-11H,3-8H2,1-2H3,(H,15,18)(H,19,20)(H2,16,17,21). The van der Waals surface area contributed by atoms with Gasteiger partial charge in [0.25, 0.3) is 0 Å². The van der Waals surface area contributed by atoms with Gasteiger partial charge in [-0.1, -0.05) is 12.8 Å². The zero-order valence-electron chi connectivity index (χ0n) is 12.6. The normalized spacial score (nSPS) is 23.0. The Morgan fingerprint density at radius 3 is 2.48 bits per heavy atom. The molecular formula is C14H25N3O4. The molecule has 1 rings (SSSR count). The number of aliphatic carboxylic acids is 1. The molecule has 21 heavy (non-hydrogen) atoms. The number of urea groups is 1. The van der Waals surface area contributed by atoms with Gasteiger partial charge < -0.3 is 21.1 Å². The molecule has 0 saturated heterocycles. The zero-order chi connectivity index (χ0) is 15.8. The molecule has 0 aromatic carbocycles. The predicted octanol–water partition coefficient (Wildman–Crippen LogP) is 0.701. The van der Waals surface area contributed by atoms with Crippen molar-refractivity contribution in [2.75, 3.05) is 13.1 Å². The van der Waals surface area contributed by atoms with Gasteiger partial charge in [0.15, 0.2) is 0 Å². The molecule has 3 atom stereocenters. The van der Waals surface area contributed by atoms with Crippen LogP contribution < -0.4 is 16.0 Å². The summed E-state index contributed by atoms with van der Waals surface area (Å²) in [5.74, 6) is -1.46. The summed E-state index contributed by atoms with van der Waals surface area (Å²) in [7, 11) is 0. The first kappa shape index (κ1) is 17.3. The number of likely N-dealkylation sites (N-methyl/N-ethyl adjacent to an activating group) is 1. The van der Waals surface area contributed by atoms with Gasteiger partial charge in [-0.15, -0.1) is 0 Å². The molecule has 1 aliphatic carbocycles. The van der Waals surface area contributed by atoms with Gasteiger partial charge in [0.2, 0.25) is 5.91 Å². The Hall–Kier alpha value is -1.79. The van der Waals surface area contributed by atoms with Crippen molar-refractivity contribution in [1.29, 1.82) is 0 Å². The highest BCUT2D eigenvalue weighted by Gasteiger charge is 2.30. The summed E-state index contributed by atoms with van der Waals surface area (Å²) in [6.07, 6.45) is 3.39. The molecule has 0 radical (unpaired) electrons. The number of rotatable bonds is 6. The number of hydrogen-bond donors (Lipinski definition) is 4. The van der Waals surface area contributed by atoms with Crippen molar-refractivity contribution < 1.29 is 19.5 Å². The van der Waals surface area contributed by atoms with Crippen LogP contribution in [0.25, 0.3) is 0 Å². The van der Waals surface area contributed by atoms with E-state index in [4.69, 9.17) is 5.11 Å². The van der Waals surface area contributed by atoms with E-state index >= 15 is 0 Å². The molecule has 1 saturated carbocycles. The highest BCUT2D eigenvalue weighted by molar-refractivity contribution is 5.86. The fraction of sp³-hybridized carbons (Fsp3) is 0.786. The van der Waals surface area contributed by atoms with E-state index in [1.807, 2.05) is 0 Å². The monoisotopic (exact) mass is 299 g/mol. The number of hydrogen-bond acceptors (Lipinski definition) is 3. The Morgan fingerprint density at radius 2 is 1.86 bits per heavy atom. The van der Waals surface area contributed by atoms with Crippen LogP contribution in [0, 0.1) is 11.8 Å². The molecule has 3 amide bonds. The van der Waals surface area contributed by atoms with Crippen molar-refractivity contribution in [3.63, 3.8) is 0 Å². The van der Waals surface area contributed by atoms with Crippen LogP contribution in [-0.4, -0.2) is 42.1 Å². The number of carbonyl (C=O) groups is 3. The van der Waals surface area contributed by atoms with E-state index in [1.54, 1.807) is 13.8 Å². The van der Waals surface area contributed by atoms with Gasteiger partial charge in [-0.25, -0.2) is 4.79 Å². The smallest absolute Gasteiger partial charge is 0.315 e. The van der Waals surface area contributed by atoms with E-state index in [0.29, 0.717) is 19.5 Å². The summed E-state index contributed by atoms with van der Waals surface area (Å²) in [5.41, 5.74) is 0. The fourth-order valence-electron chi connectivity index (χ4n) is 2.64. The van der Waals surface area contributed by atoms with Gasteiger partial charge in [0, 0.05) is 13.1 Å². The Kier molecular flexibility index (Phi) is 6.98. The maximum atomic E-state index is 11.7. The Balaban J connectivity index is 2.37. The molecule has 3 unspecified atom stereocenters. The SMILES string of the molecule is CCNC(=O)C(C)NC(=O)NCC1CCCCC1C(=O)O. The Bertz CT molecular complexity index is 386. The summed E-state index contributed by atoms with van der Waals surface area (Å²) in [4.78, 5) is 34.4. The average Bonchev–Trinajstić information content (AvgIpc) is 2.45. The number of nitrogens with one attached hydrogen (secondary N) is 3. The van der Waals surface area contributed by atoms with Crippen LogP contribution in [-0.2, 0) is 9.59 Å². The molecular weight excluding hydrogens is 274 g/mol. The zero-order valence-corrected chi connectivity index (χ0v) is 12.6. The van der Waals surface area contributed by atoms with E-state index in [1.165, 1.54) is 0 Å². The minimum atomic E-state index is -0.794. The topological polar surface area (TPSA) is 108 Å². The lowest BCUT2D eigenvalue weighted by Crippen LogP contribution is -2.49. The minimum absolute atomic E-state index is 0.0400. The van der Waals surface area contributed by atoms with E-state index < -0.39 is 18.0 Å². The van der Waals surface area contributed by atoms with Crippen molar-refractivity contribution in [3.8, 4) is 0 Å². The Morgan fingerprint density at radius 1 is 1.19 bits per heavy atom. The molecule has 1 aliphatic rings. The van der Waals surface area contributed by atoms with Crippen molar-refractivity contribution in [3.05, 3.63) is 0 Å². The van der Waals surface area contributed by atoms with Gasteiger partial charge in [-0.3, -0.25) is 9.59 Å². The summed E-state index contributed by atoms with van der Waals surface area (Å²) >= 11 is 0. The largest absolute Gasteiger partial charge is 0.481 e. The molecule has 4 N–H and O–H groups in total. The molecule has 7 heteroatoms. The van der Waals surface area contributed by atoms with Crippen molar-refractivity contribution in [2.45, 2.75) is 45.6 Å². The number of carboxylic acid groups (broad SMARTS) is 1. The van der Waals surface area contributed by atoms with Crippen LogP contribution in [0.5, 0.6) is 0 Å². The van der Waals surface area contributed by atoms with Gasteiger partial charge in [0.05, 0.1) is 5.92 Å². The third-order valence-electron chi connectivity index (χ3n) is 3.84. The molecule has 0 spiro atoms. The summed E-state index contributed by atoms with van der Waals surface area (Å²) in [5, 5.41) is 17.0. The molecule has 120 valence electrons. The third kappa shape index (κ3) is 5.61. The molecule has 1 fully saturated rings. The van der Waals surface area contributed by atoms with Gasteiger partial charge in [0.1, 0.15) is 6.04 Å². The van der Waals surface area contributed by atoms with Crippen LogP contribution >= 0.6 is 0 Å². The van der Waals surface area contributed by atoms with E-state index in [9.17, 15) is 14.4 Å². The number of carbonyl (C=O) groups excluding carboxylic acids is 2. The van der Waals surface area contributed by atoms with Crippen LogP contribution in [0.3, 0.4) is 0 Å². The van der Waals surface area contributed by atoms with Crippen LogP contribution in [0.2, 0.25) is 0 Å². The number of amides is 3. The number of carboxylic acids is 1. The van der Waals surface area contributed by atoms with Crippen molar-refractivity contribution in [2.24, 2.45) is 11.8 Å².